The number of aryl methyl sites for hydroxylation is 1. The average molecular weight is 470 g/mol. The summed E-state index contributed by atoms with van der Waals surface area (Å²) in [7, 11) is -2.16. The van der Waals surface area contributed by atoms with Crippen LogP contribution < -0.4 is 20.8 Å². The number of benzene rings is 2. The van der Waals surface area contributed by atoms with Gasteiger partial charge >= 0.3 is 6.03 Å². The molecule has 164 valence electrons. The van der Waals surface area contributed by atoms with Crippen LogP contribution in [-0.2, 0) is 10.0 Å². The molecule has 0 aliphatic carbocycles. The van der Waals surface area contributed by atoms with Gasteiger partial charge in [-0.1, -0.05) is 12.1 Å². The number of thiophene rings is 1. The first-order valence-electron chi connectivity index (χ1n) is 9.51. The SMILES string of the molecule is CNc1ccc2c(=O)c(-c3ccc(NC(=O)NS(=O)(=O)c4ccc(C)s4)cc3)coc2c1. The largest absolute Gasteiger partial charge is 0.463 e. The third kappa shape index (κ3) is 4.36. The molecular weight excluding hydrogens is 450 g/mol. The van der Waals surface area contributed by atoms with Crippen molar-refractivity contribution in [3.05, 3.63) is 76.0 Å². The molecule has 0 saturated carbocycles. The molecule has 0 fully saturated rings. The lowest BCUT2D eigenvalue weighted by atomic mass is 10.0. The Balaban J connectivity index is 1.51. The van der Waals surface area contributed by atoms with E-state index < -0.39 is 16.1 Å². The van der Waals surface area contributed by atoms with Crippen LogP contribution in [0.2, 0.25) is 0 Å². The molecule has 4 rings (SSSR count). The summed E-state index contributed by atoms with van der Waals surface area (Å²) in [5, 5.41) is 5.92. The summed E-state index contributed by atoms with van der Waals surface area (Å²) in [5.41, 5.74) is 2.48. The first kappa shape index (κ1) is 21.6. The van der Waals surface area contributed by atoms with E-state index in [1.165, 1.54) is 12.3 Å². The highest BCUT2D eigenvalue weighted by atomic mass is 32.2. The number of rotatable bonds is 5. The van der Waals surface area contributed by atoms with E-state index in [0.29, 0.717) is 27.8 Å². The summed E-state index contributed by atoms with van der Waals surface area (Å²) in [6.45, 7) is 1.78. The van der Waals surface area contributed by atoms with Gasteiger partial charge in [-0.15, -0.1) is 11.3 Å². The lowest BCUT2D eigenvalue weighted by Crippen LogP contribution is -2.33. The number of nitrogens with one attached hydrogen (secondary N) is 3. The van der Waals surface area contributed by atoms with Crippen LogP contribution in [0.4, 0.5) is 16.2 Å². The van der Waals surface area contributed by atoms with Gasteiger partial charge in [0.25, 0.3) is 10.0 Å². The van der Waals surface area contributed by atoms with Gasteiger partial charge in [0.15, 0.2) is 5.43 Å². The molecule has 0 aliphatic rings. The Morgan fingerprint density at radius 2 is 1.72 bits per heavy atom. The van der Waals surface area contributed by atoms with E-state index in [1.54, 1.807) is 62.5 Å². The first-order valence-corrected chi connectivity index (χ1v) is 11.8. The standard InChI is InChI=1S/C22H19N3O5S2/c1-13-3-10-20(31-13)32(28,29)25-22(27)24-15-6-4-14(5-7-15)18-12-30-19-11-16(23-2)8-9-17(19)21(18)26/h3-12,23H,1-2H3,(H2,24,25,27). The van der Waals surface area contributed by atoms with Crippen LogP contribution in [-0.4, -0.2) is 21.5 Å². The Bertz CT molecular complexity index is 1470. The van der Waals surface area contributed by atoms with Crippen molar-refractivity contribution in [3.63, 3.8) is 0 Å². The maximum Gasteiger partial charge on any atom is 0.333 e. The van der Waals surface area contributed by atoms with Crippen molar-refractivity contribution < 1.29 is 17.6 Å². The Morgan fingerprint density at radius 1 is 1.00 bits per heavy atom. The quantitative estimate of drug-likeness (QED) is 0.399. The molecule has 0 aliphatic heterocycles. The summed E-state index contributed by atoms with van der Waals surface area (Å²) in [6, 6.07) is 13.9. The van der Waals surface area contributed by atoms with Crippen LogP contribution in [0.1, 0.15) is 4.88 Å². The van der Waals surface area contributed by atoms with E-state index in [0.717, 1.165) is 21.9 Å². The lowest BCUT2D eigenvalue weighted by Gasteiger charge is -2.09. The molecule has 10 heteroatoms. The van der Waals surface area contributed by atoms with Crippen LogP contribution in [0.15, 0.2) is 74.3 Å². The number of sulfonamides is 1. The summed E-state index contributed by atoms with van der Waals surface area (Å²) < 4.78 is 32.2. The summed E-state index contributed by atoms with van der Waals surface area (Å²) in [5.74, 6) is 0. The number of amides is 2. The minimum Gasteiger partial charge on any atom is -0.463 e. The maximum atomic E-state index is 12.9. The number of urea groups is 1. The van der Waals surface area contributed by atoms with Gasteiger partial charge in [-0.3, -0.25) is 4.79 Å². The van der Waals surface area contributed by atoms with E-state index in [4.69, 9.17) is 4.42 Å². The second-order valence-corrected chi connectivity index (χ2v) is 10.1. The highest BCUT2D eigenvalue weighted by Crippen LogP contribution is 2.24. The van der Waals surface area contributed by atoms with Gasteiger partial charge in [-0.2, -0.15) is 0 Å². The lowest BCUT2D eigenvalue weighted by molar-refractivity contribution is 0.256. The van der Waals surface area contributed by atoms with Crippen LogP contribution in [0.25, 0.3) is 22.1 Å². The van der Waals surface area contributed by atoms with Gasteiger partial charge in [0, 0.05) is 29.4 Å². The van der Waals surface area contributed by atoms with Crippen molar-refractivity contribution in [3.8, 4) is 11.1 Å². The van der Waals surface area contributed by atoms with Crippen molar-refractivity contribution >= 4 is 49.7 Å². The molecule has 0 radical (unpaired) electrons. The fourth-order valence-electron chi connectivity index (χ4n) is 3.10. The highest BCUT2D eigenvalue weighted by Gasteiger charge is 2.19. The number of carbonyl (C=O) groups excluding carboxylic acids is 1. The maximum absolute atomic E-state index is 12.9. The van der Waals surface area contributed by atoms with Crippen molar-refractivity contribution in [2.45, 2.75) is 11.1 Å². The predicted molar refractivity (Wildman–Crippen MR) is 126 cm³/mol. The molecule has 0 spiro atoms. The molecule has 32 heavy (non-hydrogen) atoms. The van der Waals surface area contributed by atoms with Gasteiger partial charge in [0.2, 0.25) is 0 Å². The van der Waals surface area contributed by atoms with Gasteiger partial charge in [0.1, 0.15) is 16.1 Å². The zero-order chi connectivity index (χ0) is 22.9. The molecule has 8 nitrogen and oxygen atoms in total. The van der Waals surface area contributed by atoms with Crippen LogP contribution >= 0.6 is 11.3 Å². The van der Waals surface area contributed by atoms with Crippen molar-refractivity contribution in [2.75, 3.05) is 17.7 Å². The number of carbonyl (C=O) groups is 1. The monoisotopic (exact) mass is 469 g/mol. The molecule has 4 aromatic rings. The smallest absolute Gasteiger partial charge is 0.333 e. The summed E-state index contributed by atoms with van der Waals surface area (Å²) in [4.78, 5) is 25.8. The fraction of sp³-hybridized carbons (Fsp3) is 0.0909. The molecule has 2 heterocycles. The van der Waals surface area contributed by atoms with E-state index in [2.05, 4.69) is 10.6 Å². The molecule has 2 aromatic carbocycles. The molecule has 2 aromatic heterocycles. The highest BCUT2D eigenvalue weighted by molar-refractivity contribution is 7.92. The summed E-state index contributed by atoms with van der Waals surface area (Å²) in [6.07, 6.45) is 1.40. The molecule has 0 saturated heterocycles. The van der Waals surface area contributed by atoms with E-state index >= 15 is 0 Å². The van der Waals surface area contributed by atoms with Gasteiger partial charge in [-0.25, -0.2) is 17.9 Å². The Labute approximate surface area is 188 Å². The van der Waals surface area contributed by atoms with Crippen LogP contribution in [0.3, 0.4) is 0 Å². The normalized spacial score (nSPS) is 11.3. The molecule has 3 N–H and O–H groups in total. The van der Waals surface area contributed by atoms with Gasteiger partial charge in [-0.05, 0) is 48.9 Å². The predicted octanol–water partition coefficient (Wildman–Crippen LogP) is 4.38. The first-order chi connectivity index (χ1) is 15.3. The Morgan fingerprint density at radius 3 is 2.38 bits per heavy atom. The zero-order valence-electron chi connectivity index (χ0n) is 17.1. The molecule has 0 atom stereocenters. The average Bonchev–Trinajstić information content (AvgIpc) is 3.21. The van der Waals surface area contributed by atoms with Crippen molar-refractivity contribution in [2.24, 2.45) is 0 Å². The number of hydrogen-bond acceptors (Lipinski definition) is 7. The number of hydrogen-bond donors (Lipinski definition) is 3. The number of anilines is 2. The van der Waals surface area contributed by atoms with Gasteiger partial charge < -0.3 is 15.1 Å². The molecule has 0 bridgehead atoms. The summed E-state index contributed by atoms with van der Waals surface area (Å²) >= 11 is 1.07. The minimum absolute atomic E-state index is 0.0605. The van der Waals surface area contributed by atoms with Crippen molar-refractivity contribution in [1.82, 2.24) is 4.72 Å². The van der Waals surface area contributed by atoms with E-state index in [9.17, 15) is 18.0 Å². The zero-order valence-corrected chi connectivity index (χ0v) is 18.8. The molecular formula is C22H19N3O5S2. The fourth-order valence-corrected chi connectivity index (χ4v) is 5.29. The Kier molecular flexibility index (Phi) is 5.72. The second kappa shape index (κ2) is 8.48. The number of fused-ring (bicyclic) bond motifs is 1. The van der Waals surface area contributed by atoms with Gasteiger partial charge in [0.05, 0.1) is 10.9 Å². The molecule has 2 amide bonds. The topological polar surface area (TPSA) is 118 Å². The third-order valence-electron chi connectivity index (χ3n) is 4.72. The second-order valence-electron chi connectivity index (χ2n) is 6.94. The minimum atomic E-state index is -3.94. The van der Waals surface area contributed by atoms with Crippen molar-refractivity contribution in [1.29, 1.82) is 0 Å². The van der Waals surface area contributed by atoms with Crippen LogP contribution in [0.5, 0.6) is 0 Å². The van der Waals surface area contributed by atoms with E-state index in [-0.39, 0.29) is 9.64 Å². The Hall–Kier alpha value is -3.63. The molecule has 0 unspecified atom stereocenters. The van der Waals surface area contributed by atoms with E-state index in [1.807, 2.05) is 4.72 Å². The van der Waals surface area contributed by atoms with Crippen LogP contribution in [0, 0.1) is 6.92 Å². The third-order valence-corrected chi connectivity index (χ3v) is 7.55.